The topological polar surface area (TPSA) is 0 Å². The molecule has 0 bridgehead atoms. The van der Waals surface area contributed by atoms with Gasteiger partial charge in [0.1, 0.15) is 0 Å². The lowest BCUT2D eigenvalue weighted by atomic mass is 9.92. The summed E-state index contributed by atoms with van der Waals surface area (Å²) in [7, 11) is 0. The van der Waals surface area contributed by atoms with Gasteiger partial charge in [-0.25, -0.2) is 0 Å². The summed E-state index contributed by atoms with van der Waals surface area (Å²) in [6, 6.07) is 0. The van der Waals surface area contributed by atoms with Crippen molar-refractivity contribution in [3.8, 4) is 0 Å². The van der Waals surface area contributed by atoms with Gasteiger partial charge in [-0.15, -0.1) is 0 Å². The molecule has 0 aliphatic carbocycles. The first-order chi connectivity index (χ1) is 9.85. The van der Waals surface area contributed by atoms with Gasteiger partial charge < -0.3 is 0 Å². The van der Waals surface area contributed by atoms with Crippen molar-refractivity contribution in [2.45, 2.75) is 117 Å². The Hall–Kier alpha value is 0. The van der Waals surface area contributed by atoms with Crippen molar-refractivity contribution in [2.75, 3.05) is 0 Å². The van der Waals surface area contributed by atoms with E-state index in [0.29, 0.717) is 0 Å². The summed E-state index contributed by atoms with van der Waals surface area (Å²) < 4.78 is 0. The molecule has 0 N–H and O–H groups in total. The second-order valence-corrected chi connectivity index (χ2v) is 6.59. The van der Waals surface area contributed by atoms with E-state index in [2.05, 4.69) is 20.8 Å². The van der Waals surface area contributed by atoms with Gasteiger partial charge in [0, 0.05) is 0 Å². The van der Waals surface area contributed by atoms with Crippen LogP contribution in [-0.4, -0.2) is 0 Å². The third kappa shape index (κ3) is 14.4. The molecule has 1 unspecified atom stereocenters. The van der Waals surface area contributed by atoms with Crippen molar-refractivity contribution in [1.82, 2.24) is 0 Å². The maximum Gasteiger partial charge on any atom is -0.0417 e. The lowest BCUT2D eigenvalue weighted by molar-refractivity contribution is 0.395. The minimum Gasteiger partial charge on any atom is -0.0654 e. The Balaban J connectivity index is 3.20. The van der Waals surface area contributed by atoms with Gasteiger partial charge in [0.2, 0.25) is 0 Å². The molecule has 1 radical (unpaired) electrons. The van der Waals surface area contributed by atoms with E-state index >= 15 is 0 Å². The van der Waals surface area contributed by atoms with Crippen molar-refractivity contribution in [3.63, 3.8) is 0 Å². The van der Waals surface area contributed by atoms with Crippen LogP contribution in [0.3, 0.4) is 0 Å². The van der Waals surface area contributed by atoms with Gasteiger partial charge in [-0.2, -0.15) is 0 Å². The average molecular weight is 282 g/mol. The van der Waals surface area contributed by atoms with E-state index < -0.39 is 0 Å². The van der Waals surface area contributed by atoms with Gasteiger partial charge in [-0.05, 0) is 5.92 Å². The molecule has 0 rings (SSSR count). The van der Waals surface area contributed by atoms with E-state index in [1.165, 1.54) is 96.3 Å². The van der Waals surface area contributed by atoms with E-state index in [0.717, 1.165) is 12.3 Å². The molecular weight excluding hydrogens is 240 g/mol. The lowest BCUT2D eigenvalue weighted by Gasteiger charge is -2.14. The number of unbranched alkanes of at least 4 members (excludes halogenated alkanes) is 11. The molecule has 0 heterocycles. The van der Waals surface area contributed by atoms with Crippen LogP contribution in [-0.2, 0) is 0 Å². The van der Waals surface area contributed by atoms with Crippen molar-refractivity contribution in [3.05, 3.63) is 6.92 Å². The zero-order chi connectivity index (χ0) is 14.9. The molecule has 0 amide bonds. The zero-order valence-electron chi connectivity index (χ0n) is 14.6. The quantitative estimate of drug-likeness (QED) is 0.254. The van der Waals surface area contributed by atoms with E-state index in [9.17, 15) is 0 Å². The first-order valence-electron chi connectivity index (χ1n) is 9.64. The third-order valence-electron chi connectivity index (χ3n) is 4.66. The minimum atomic E-state index is 1.02. The molecular formula is C20H41. The number of hydrogen-bond acceptors (Lipinski definition) is 0. The fraction of sp³-hybridized carbons (Fsp3) is 0.950. The number of hydrogen-bond donors (Lipinski definition) is 0. The van der Waals surface area contributed by atoms with Crippen LogP contribution < -0.4 is 0 Å². The Bertz CT molecular complexity index is 161. The predicted octanol–water partition coefficient (Wildman–Crippen LogP) is 7.72. The van der Waals surface area contributed by atoms with Crippen LogP contribution in [0.4, 0.5) is 0 Å². The van der Waals surface area contributed by atoms with Crippen LogP contribution in [0.15, 0.2) is 0 Å². The van der Waals surface area contributed by atoms with Gasteiger partial charge in [0.25, 0.3) is 0 Å². The van der Waals surface area contributed by atoms with Crippen molar-refractivity contribution >= 4 is 0 Å². The highest BCUT2D eigenvalue weighted by molar-refractivity contribution is 4.58. The fourth-order valence-corrected chi connectivity index (χ4v) is 3.08. The van der Waals surface area contributed by atoms with Crippen LogP contribution in [0, 0.1) is 12.8 Å². The first kappa shape index (κ1) is 20.0. The van der Waals surface area contributed by atoms with Crippen LogP contribution in [0.1, 0.15) is 117 Å². The number of rotatable bonds is 16. The van der Waals surface area contributed by atoms with E-state index in [1.807, 2.05) is 0 Å². The molecule has 0 aliphatic heterocycles. The minimum absolute atomic E-state index is 1.02. The monoisotopic (exact) mass is 281 g/mol. The van der Waals surface area contributed by atoms with Gasteiger partial charge in [0.05, 0.1) is 0 Å². The van der Waals surface area contributed by atoms with Gasteiger partial charge in [-0.3, -0.25) is 0 Å². The Kier molecular flexibility index (Phi) is 17.1. The maximum atomic E-state index is 3.90. The van der Waals surface area contributed by atoms with E-state index in [1.54, 1.807) is 0 Å². The van der Waals surface area contributed by atoms with Crippen LogP contribution in [0.5, 0.6) is 0 Å². The molecule has 121 valence electrons. The molecule has 0 aromatic rings. The highest BCUT2D eigenvalue weighted by Crippen LogP contribution is 2.21. The van der Waals surface area contributed by atoms with Crippen LogP contribution in [0.25, 0.3) is 0 Å². The molecule has 0 fully saturated rings. The molecule has 0 heteroatoms. The van der Waals surface area contributed by atoms with Crippen LogP contribution in [0.2, 0.25) is 0 Å². The Labute approximate surface area is 130 Å². The molecule has 0 saturated heterocycles. The highest BCUT2D eigenvalue weighted by atomic mass is 14.1. The van der Waals surface area contributed by atoms with Crippen LogP contribution >= 0.6 is 0 Å². The first-order valence-corrected chi connectivity index (χ1v) is 9.64. The summed E-state index contributed by atoms with van der Waals surface area (Å²) in [4.78, 5) is 0. The fourth-order valence-electron chi connectivity index (χ4n) is 3.08. The highest BCUT2D eigenvalue weighted by Gasteiger charge is 2.05. The van der Waals surface area contributed by atoms with Gasteiger partial charge in [-0.1, -0.05) is 124 Å². The summed E-state index contributed by atoms with van der Waals surface area (Å²) in [5.74, 6) is 1.02. The normalized spacial score (nSPS) is 12.8. The summed E-state index contributed by atoms with van der Waals surface area (Å²) >= 11 is 0. The van der Waals surface area contributed by atoms with E-state index in [-0.39, 0.29) is 0 Å². The lowest BCUT2D eigenvalue weighted by Crippen LogP contribution is -1.99. The third-order valence-corrected chi connectivity index (χ3v) is 4.66. The Morgan fingerprint density at radius 2 is 1.05 bits per heavy atom. The molecule has 0 aromatic heterocycles. The zero-order valence-corrected chi connectivity index (χ0v) is 14.6. The van der Waals surface area contributed by atoms with Gasteiger partial charge >= 0.3 is 0 Å². The standard InChI is InChI=1S/C20H41/c1-4-7-9-10-11-12-13-14-15-17-19-20(6-3)18-16-8-5-2/h20H,1,4-19H2,2-3H3. The smallest absolute Gasteiger partial charge is 0.0417 e. The van der Waals surface area contributed by atoms with Gasteiger partial charge in [0.15, 0.2) is 0 Å². The summed E-state index contributed by atoms with van der Waals surface area (Å²) in [5, 5.41) is 0. The predicted molar refractivity (Wildman–Crippen MR) is 94.1 cm³/mol. The summed E-state index contributed by atoms with van der Waals surface area (Å²) in [6.07, 6.45) is 22.7. The largest absolute Gasteiger partial charge is 0.0654 e. The molecule has 0 nitrogen and oxygen atoms in total. The summed E-state index contributed by atoms with van der Waals surface area (Å²) in [5.41, 5.74) is 0. The van der Waals surface area contributed by atoms with Crippen molar-refractivity contribution < 1.29 is 0 Å². The summed E-state index contributed by atoms with van der Waals surface area (Å²) in [6.45, 7) is 8.58. The Morgan fingerprint density at radius 3 is 1.50 bits per heavy atom. The molecule has 0 saturated carbocycles. The second-order valence-electron chi connectivity index (χ2n) is 6.59. The molecule has 20 heavy (non-hydrogen) atoms. The average Bonchev–Trinajstić information content (AvgIpc) is 2.47. The van der Waals surface area contributed by atoms with E-state index in [4.69, 9.17) is 0 Å². The van der Waals surface area contributed by atoms with Crippen molar-refractivity contribution in [1.29, 1.82) is 0 Å². The molecule has 0 aromatic carbocycles. The van der Waals surface area contributed by atoms with Crippen molar-refractivity contribution in [2.24, 2.45) is 5.92 Å². The Morgan fingerprint density at radius 1 is 0.600 bits per heavy atom. The molecule has 1 atom stereocenters. The SMILES string of the molecule is [CH2]CCCCCCCCCCCC(CC)CCCCC. The second kappa shape index (κ2) is 17.1. The molecule has 0 spiro atoms. The maximum absolute atomic E-state index is 3.90. The molecule has 0 aliphatic rings.